The van der Waals surface area contributed by atoms with E-state index in [0.717, 1.165) is 58.4 Å². The Morgan fingerprint density at radius 2 is 1.00 bits per heavy atom. The fourth-order valence-electron chi connectivity index (χ4n) is 11.9. The summed E-state index contributed by atoms with van der Waals surface area (Å²) in [7, 11) is 0. The Morgan fingerprint density at radius 1 is 0.500 bits per heavy atom. The molecule has 2 aliphatic heterocycles. The van der Waals surface area contributed by atoms with Gasteiger partial charge < -0.3 is 14.2 Å². The number of para-hydroxylation sites is 1. The van der Waals surface area contributed by atoms with E-state index in [9.17, 15) is 0 Å². The van der Waals surface area contributed by atoms with Gasteiger partial charge in [-0.25, -0.2) is 0 Å². The Hall–Kier alpha value is -6.46. The average molecular weight is 948 g/mol. The summed E-state index contributed by atoms with van der Waals surface area (Å²) in [5.41, 5.74) is 21.9. The van der Waals surface area contributed by atoms with Crippen molar-refractivity contribution in [3.8, 4) is 0 Å². The van der Waals surface area contributed by atoms with Crippen molar-refractivity contribution in [3.05, 3.63) is 179 Å². The van der Waals surface area contributed by atoms with Gasteiger partial charge in [0.25, 0.3) is 6.71 Å². The Balaban J connectivity index is 1.31. The fraction of sp³-hybridized carbons (Fsp3) is 0.343. The van der Waals surface area contributed by atoms with Gasteiger partial charge in [-0.2, -0.15) is 0 Å². The molecule has 4 nitrogen and oxygen atoms in total. The van der Waals surface area contributed by atoms with E-state index in [1.54, 1.807) is 0 Å². The highest BCUT2D eigenvalue weighted by Crippen LogP contribution is 2.53. The monoisotopic (exact) mass is 948 g/mol. The number of benzene rings is 7. The molecule has 366 valence electrons. The molecule has 0 spiro atoms. The predicted molar refractivity (Wildman–Crippen MR) is 310 cm³/mol. The number of hydrogen-bond acceptors (Lipinski definition) is 4. The first-order valence-electron chi connectivity index (χ1n) is 26.6. The van der Waals surface area contributed by atoms with Crippen molar-refractivity contribution in [2.24, 2.45) is 0 Å². The van der Waals surface area contributed by atoms with Crippen molar-refractivity contribution in [1.82, 2.24) is 0 Å². The summed E-state index contributed by atoms with van der Waals surface area (Å²) in [6.45, 7) is 35.1. The summed E-state index contributed by atoms with van der Waals surface area (Å²) in [6, 6.07) is 56.0. The topological polar surface area (TPSA) is 22.9 Å². The van der Waals surface area contributed by atoms with Crippen molar-refractivity contribution in [2.75, 3.05) is 14.7 Å². The quantitative estimate of drug-likeness (QED) is 0.155. The maximum absolute atomic E-state index is 7.44. The molecule has 0 fully saturated rings. The van der Waals surface area contributed by atoms with Crippen molar-refractivity contribution < 1.29 is 4.42 Å². The summed E-state index contributed by atoms with van der Waals surface area (Å²) in [5, 5.41) is 1.18. The Labute approximate surface area is 431 Å². The molecule has 3 heterocycles. The number of fused-ring (bicyclic) bond motifs is 7. The summed E-state index contributed by atoms with van der Waals surface area (Å²) < 4.78 is 7.44. The van der Waals surface area contributed by atoms with Crippen molar-refractivity contribution in [3.63, 3.8) is 0 Å². The van der Waals surface area contributed by atoms with Crippen LogP contribution >= 0.6 is 0 Å². The fourth-order valence-corrected chi connectivity index (χ4v) is 11.9. The van der Waals surface area contributed by atoms with Crippen LogP contribution in [0.25, 0.3) is 11.0 Å². The highest BCUT2D eigenvalue weighted by molar-refractivity contribution is 7.01. The summed E-state index contributed by atoms with van der Waals surface area (Å²) in [4.78, 5) is 7.54. The van der Waals surface area contributed by atoms with E-state index in [1.165, 1.54) is 66.5 Å². The van der Waals surface area contributed by atoms with Crippen LogP contribution in [-0.2, 0) is 27.1 Å². The molecule has 5 heteroatoms. The van der Waals surface area contributed by atoms with Gasteiger partial charge in [-0.1, -0.05) is 171 Å². The van der Waals surface area contributed by atoms with Gasteiger partial charge in [0.05, 0.1) is 5.69 Å². The SMILES string of the molecule is CC(C)c1ccc(N(c2ccccc2)c2cc3c4c(c2)N(c2ccc(C(C)(C)C)cc2)c2oc5ccc(C(C)(C)C)cc5c2B4c2cc4c(cc2N3c2ccc(C(C)(C)C)cc2)C(C)(C)CCC4(C)C)cc1. The van der Waals surface area contributed by atoms with Crippen LogP contribution in [0.5, 0.6) is 0 Å². The number of rotatable bonds is 6. The maximum atomic E-state index is 7.44. The van der Waals surface area contributed by atoms with Crippen molar-refractivity contribution >= 4 is 85.5 Å². The van der Waals surface area contributed by atoms with E-state index in [2.05, 4.69) is 264 Å². The van der Waals surface area contributed by atoms with E-state index in [1.807, 2.05) is 0 Å². The normalized spacial score (nSPS) is 15.9. The van der Waals surface area contributed by atoms with Gasteiger partial charge in [-0.05, 0) is 169 Å². The van der Waals surface area contributed by atoms with Crippen LogP contribution < -0.4 is 31.1 Å². The second kappa shape index (κ2) is 16.5. The Morgan fingerprint density at radius 3 is 1.54 bits per heavy atom. The van der Waals surface area contributed by atoms with Crippen LogP contribution in [0.3, 0.4) is 0 Å². The van der Waals surface area contributed by atoms with E-state index in [0.29, 0.717) is 5.92 Å². The van der Waals surface area contributed by atoms with Gasteiger partial charge in [0.2, 0.25) is 5.88 Å². The van der Waals surface area contributed by atoms with Gasteiger partial charge in [0.15, 0.2) is 0 Å². The number of nitrogens with zero attached hydrogens (tertiary/aromatic N) is 3. The van der Waals surface area contributed by atoms with E-state index in [-0.39, 0.29) is 33.8 Å². The van der Waals surface area contributed by atoms with E-state index in [4.69, 9.17) is 4.42 Å². The number of furan rings is 1. The third-order valence-corrected chi connectivity index (χ3v) is 16.6. The molecule has 3 aliphatic rings. The van der Waals surface area contributed by atoms with E-state index >= 15 is 0 Å². The molecular weight excluding hydrogens is 874 g/mol. The minimum atomic E-state index is -0.123. The minimum absolute atomic E-state index is 0.00111. The third kappa shape index (κ3) is 7.89. The first-order valence-corrected chi connectivity index (χ1v) is 26.6. The molecule has 72 heavy (non-hydrogen) atoms. The molecule has 0 unspecified atom stereocenters. The molecule has 1 aliphatic carbocycles. The van der Waals surface area contributed by atoms with Crippen LogP contribution in [0.1, 0.15) is 156 Å². The van der Waals surface area contributed by atoms with Crippen LogP contribution in [0, 0.1) is 0 Å². The number of hydrogen-bond donors (Lipinski definition) is 0. The molecule has 0 radical (unpaired) electrons. The zero-order chi connectivity index (χ0) is 51.0. The van der Waals surface area contributed by atoms with Gasteiger partial charge in [-0.3, -0.25) is 4.90 Å². The lowest BCUT2D eigenvalue weighted by Crippen LogP contribution is -2.61. The Kier molecular flexibility index (Phi) is 11.0. The lowest BCUT2D eigenvalue weighted by atomic mass is 9.33. The Bertz CT molecular complexity index is 3370. The second-order valence-electron chi connectivity index (χ2n) is 26.0. The van der Waals surface area contributed by atoms with Crippen LogP contribution in [0.15, 0.2) is 150 Å². The zero-order valence-corrected chi connectivity index (χ0v) is 45.7. The summed E-state index contributed by atoms with van der Waals surface area (Å²) >= 11 is 0. The van der Waals surface area contributed by atoms with Crippen LogP contribution in [-0.4, -0.2) is 6.71 Å². The average Bonchev–Trinajstić information content (AvgIpc) is 3.71. The molecule has 8 aromatic rings. The van der Waals surface area contributed by atoms with Gasteiger partial charge in [0.1, 0.15) is 5.58 Å². The van der Waals surface area contributed by atoms with Crippen LogP contribution in [0.2, 0.25) is 0 Å². The van der Waals surface area contributed by atoms with Gasteiger partial charge in [0, 0.05) is 50.7 Å². The lowest BCUT2D eigenvalue weighted by Gasteiger charge is -2.47. The molecule has 1 aromatic heterocycles. The first-order chi connectivity index (χ1) is 33.9. The highest BCUT2D eigenvalue weighted by Gasteiger charge is 2.49. The number of anilines is 9. The largest absolute Gasteiger partial charge is 0.440 e. The summed E-state index contributed by atoms with van der Waals surface area (Å²) in [6.07, 6.45) is 2.28. The smallest absolute Gasteiger partial charge is 0.257 e. The molecule has 0 N–H and O–H groups in total. The van der Waals surface area contributed by atoms with Gasteiger partial charge in [-0.15, -0.1) is 0 Å². The molecule has 0 bridgehead atoms. The molecular formula is C67H74BN3O. The molecule has 0 atom stereocenters. The molecule has 0 amide bonds. The maximum Gasteiger partial charge on any atom is 0.257 e. The van der Waals surface area contributed by atoms with Crippen molar-refractivity contribution in [2.45, 2.75) is 150 Å². The minimum Gasteiger partial charge on any atom is -0.440 e. The third-order valence-electron chi connectivity index (χ3n) is 16.6. The standard InChI is InChI=1S/C67H74BN3O/c1-42(2)43-21-28-48(29-22-43)69(47-19-17-16-18-20-47)51-38-57-61-58(39-51)71(50-32-25-45(26-33-50)64(6,7)8)62-60(52-37-46(65(9,10)11)27-34-59(52)72-62)68(61)55-40-53-54(67(14,15)36-35-66(53,12)13)41-56(55)70(57)49-30-23-44(24-31-49)63(3,4)5/h16-34,37-42H,35-36H2,1-15H3. The highest BCUT2D eigenvalue weighted by atomic mass is 16.4. The molecule has 7 aromatic carbocycles. The second-order valence-corrected chi connectivity index (χ2v) is 26.0. The predicted octanol–water partition coefficient (Wildman–Crippen LogP) is 17.4. The molecule has 0 saturated heterocycles. The van der Waals surface area contributed by atoms with E-state index < -0.39 is 0 Å². The molecule has 0 saturated carbocycles. The summed E-state index contributed by atoms with van der Waals surface area (Å²) in [5.74, 6) is 1.31. The zero-order valence-electron chi connectivity index (χ0n) is 45.7. The van der Waals surface area contributed by atoms with Crippen LogP contribution in [0.4, 0.5) is 51.4 Å². The van der Waals surface area contributed by atoms with Gasteiger partial charge >= 0.3 is 0 Å². The lowest BCUT2D eigenvalue weighted by molar-refractivity contribution is 0.332. The first kappa shape index (κ1) is 47.8. The molecule has 11 rings (SSSR count). The van der Waals surface area contributed by atoms with Crippen molar-refractivity contribution in [1.29, 1.82) is 0 Å².